The molecule has 0 aliphatic carbocycles. The maximum absolute atomic E-state index is 12.2. The molecule has 1 aliphatic rings. The van der Waals surface area contributed by atoms with E-state index in [0.29, 0.717) is 32.7 Å². The Bertz CT molecular complexity index is 230. The number of aliphatic hydroxyl groups is 1. The fourth-order valence-electron chi connectivity index (χ4n) is 2.17. The van der Waals surface area contributed by atoms with Gasteiger partial charge < -0.3 is 10.4 Å². The van der Waals surface area contributed by atoms with Gasteiger partial charge in [-0.05, 0) is 6.54 Å². The number of nitrogens with zero attached hydrogens (tertiary/aromatic N) is 2. The molecule has 0 aromatic heterocycles. The van der Waals surface area contributed by atoms with Crippen LogP contribution in [0, 0.1) is 0 Å². The Morgan fingerprint density at radius 3 is 2.17 bits per heavy atom. The van der Waals surface area contributed by atoms with Crippen molar-refractivity contribution in [1.82, 2.24) is 15.1 Å². The summed E-state index contributed by atoms with van der Waals surface area (Å²) in [6, 6.07) is 0.00386. The third-order valence-corrected chi connectivity index (χ3v) is 3.06. The van der Waals surface area contributed by atoms with Gasteiger partial charge in [-0.2, -0.15) is 13.2 Å². The minimum Gasteiger partial charge on any atom is -0.395 e. The molecule has 0 saturated carbocycles. The van der Waals surface area contributed by atoms with Crippen LogP contribution in [-0.2, 0) is 0 Å². The van der Waals surface area contributed by atoms with Gasteiger partial charge in [-0.25, -0.2) is 0 Å². The molecule has 18 heavy (non-hydrogen) atoms. The smallest absolute Gasteiger partial charge is 0.395 e. The lowest BCUT2D eigenvalue weighted by Gasteiger charge is -2.36. The first kappa shape index (κ1) is 15.7. The van der Waals surface area contributed by atoms with Crippen LogP contribution in [0.4, 0.5) is 13.2 Å². The molecule has 0 bridgehead atoms. The van der Waals surface area contributed by atoms with E-state index in [4.69, 9.17) is 5.11 Å². The highest BCUT2D eigenvalue weighted by Gasteiger charge is 2.32. The zero-order chi connectivity index (χ0) is 13.6. The highest BCUT2D eigenvalue weighted by molar-refractivity contribution is 4.78. The van der Waals surface area contributed by atoms with Gasteiger partial charge in [0.1, 0.15) is 0 Å². The molecule has 1 heterocycles. The minimum atomic E-state index is -4.11. The Balaban J connectivity index is 2.26. The first-order chi connectivity index (χ1) is 8.44. The number of hydrogen-bond acceptors (Lipinski definition) is 4. The third-order valence-electron chi connectivity index (χ3n) is 3.06. The molecule has 7 heteroatoms. The number of rotatable bonds is 6. The average Bonchev–Trinajstić information content (AvgIpc) is 2.29. The topological polar surface area (TPSA) is 38.7 Å². The van der Waals surface area contributed by atoms with Gasteiger partial charge in [-0.15, -0.1) is 0 Å². The number of piperazine rings is 1. The summed E-state index contributed by atoms with van der Waals surface area (Å²) in [4.78, 5) is 3.52. The predicted molar refractivity (Wildman–Crippen MR) is 63.5 cm³/mol. The lowest BCUT2D eigenvalue weighted by atomic mass is 10.2. The van der Waals surface area contributed by atoms with Gasteiger partial charge in [0, 0.05) is 38.8 Å². The second kappa shape index (κ2) is 7.28. The van der Waals surface area contributed by atoms with Crippen molar-refractivity contribution in [3.8, 4) is 0 Å². The van der Waals surface area contributed by atoms with Crippen LogP contribution >= 0.6 is 0 Å². The van der Waals surface area contributed by atoms with E-state index in [1.165, 1.54) is 4.90 Å². The summed E-state index contributed by atoms with van der Waals surface area (Å²) >= 11 is 0. The Morgan fingerprint density at radius 1 is 1.17 bits per heavy atom. The first-order valence-electron chi connectivity index (χ1n) is 6.30. The SMILES string of the molecule is CCNC(CO)CN1CCN(CC(F)(F)F)CC1. The second-order valence-electron chi connectivity index (χ2n) is 4.63. The van der Waals surface area contributed by atoms with Crippen molar-refractivity contribution in [3.05, 3.63) is 0 Å². The molecule has 1 atom stereocenters. The fraction of sp³-hybridized carbons (Fsp3) is 1.00. The van der Waals surface area contributed by atoms with Gasteiger partial charge in [0.25, 0.3) is 0 Å². The molecule has 1 rings (SSSR count). The zero-order valence-electron chi connectivity index (χ0n) is 10.7. The van der Waals surface area contributed by atoms with Crippen LogP contribution in [0.5, 0.6) is 0 Å². The van der Waals surface area contributed by atoms with Crippen LogP contribution in [0.25, 0.3) is 0 Å². The minimum absolute atomic E-state index is 0.00386. The van der Waals surface area contributed by atoms with Crippen LogP contribution in [0.1, 0.15) is 6.92 Å². The van der Waals surface area contributed by atoms with Gasteiger partial charge in [0.15, 0.2) is 0 Å². The average molecular weight is 269 g/mol. The number of hydrogen-bond donors (Lipinski definition) is 2. The van der Waals surface area contributed by atoms with E-state index in [1.54, 1.807) is 0 Å². The van der Waals surface area contributed by atoms with E-state index >= 15 is 0 Å². The van der Waals surface area contributed by atoms with E-state index in [1.807, 2.05) is 6.92 Å². The van der Waals surface area contributed by atoms with E-state index < -0.39 is 12.7 Å². The summed E-state index contributed by atoms with van der Waals surface area (Å²) in [5.74, 6) is 0. The summed E-state index contributed by atoms with van der Waals surface area (Å²) < 4.78 is 36.6. The molecular weight excluding hydrogens is 247 g/mol. The maximum Gasteiger partial charge on any atom is 0.401 e. The van der Waals surface area contributed by atoms with Crippen molar-refractivity contribution in [3.63, 3.8) is 0 Å². The van der Waals surface area contributed by atoms with Crippen molar-refractivity contribution in [2.24, 2.45) is 0 Å². The maximum atomic E-state index is 12.2. The van der Waals surface area contributed by atoms with Crippen molar-refractivity contribution >= 4 is 0 Å². The molecule has 2 N–H and O–H groups in total. The largest absolute Gasteiger partial charge is 0.401 e. The van der Waals surface area contributed by atoms with Crippen LogP contribution in [-0.4, -0.2) is 79.5 Å². The molecular formula is C11H22F3N3O. The predicted octanol–water partition coefficient (Wildman–Crippen LogP) is 0.137. The fourth-order valence-corrected chi connectivity index (χ4v) is 2.17. The van der Waals surface area contributed by atoms with E-state index in [9.17, 15) is 13.2 Å². The monoisotopic (exact) mass is 269 g/mol. The van der Waals surface area contributed by atoms with Crippen molar-refractivity contribution in [2.45, 2.75) is 19.1 Å². The Hall–Kier alpha value is -0.370. The summed E-state index contributed by atoms with van der Waals surface area (Å²) in [6.45, 7) is 4.77. The van der Waals surface area contributed by atoms with Gasteiger partial charge in [-0.1, -0.05) is 6.92 Å². The normalized spacial score (nSPS) is 21.2. The van der Waals surface area contributed by atoms with Gasteiger partial charge >= 0.3 is 6.18 Å². The Kier molecular flexibility index (Phi) is 6.34. The molecule has 0 spiro atoms. The summed E-state index contributed by atoms with van der Waals surface area (Å²) in [6.07, 6.45) is -4.11. The van der Waals surface area contributed by atoms with Crippen LogP contribution in [0.3, 0.4) is 0 Å². The molecule has 1 saturated heterocycles. The van der Waals surface area contributed by atoms with E-state index in [-0.39, 0.29) is 12.6 Å². The number of nitrogens with one attached hydrogen (secondary N) is 1. The standard InChI is InChI=1S/C11H22F3N3O/c1-2-15-10(8-18)7-16-3-5-17(6-4-16)9-11(12,13)14/h10,15,18H,2-9H2,1H3. The Labute approximate surface area is 106 Å². The highest BCUT2D eigenvalue weighted by atomic mass is 19.4. The zero-order valence-corrected chi connectivity index (χ0v) is 10.7. The summed E-state index contributed by atoms with van der Waals surface area (Å²) in [5.41, 5.74) is 0. The Morgan fingerprint density at radius 2 is 1.72 bits per heavy atom. The van der Waals surface area contributed by atoms with E-state index in [2.05, 4.69) is 10.2 Å². The second-order valence-corrected chi connectivity index (χ2v) is 4.63. The quantitative estimate of drug-likeness (QED) is 0.719. The van der Waals surface area contributed by atoms with E-state index in [0.717, 1.165) is 6.54 Å². The van der Waals surface area contributed by atoms with Gasteiger partial charge in [-0.3, -0.25) is 9.80 Å². The summed E-state index contributed by atoms with van der Waals surface area (Å²) in [5, 5.41) is 12.3. The highest BCUT2D eigenvalue weighted by Crippen LogP contribution is 2.17. The lowest BCUT2D eigenvalue weighted by molar-refractivity contribution is -0.149. The van der Waals surface area contributed by atoms with Crippen LogP contribution in [0.15, 0.2) is 0 Å². The molecule has 4 nitrogen and oxygen atoms in total. The summed E-state index contributed by atoms with van der Waals surface area (Å²) in [7, 11) is 0. The van der Waals surface area contributed by atoms with Crippen LogP contribution in [0.2, 0.25) is 0 Å². The molecule has 0 radical (unpaired) electrons. The van der Waals surface area contributed by atoms with Crippen molar-refractivity contribution < 1.29 is 18.3 Å². The van der Waals surface area contributed by atoms with Crippen LogP contribution < -0.4 is 5.32 Å². The molecule has 0 aromatic rings. The lowest BCUT2D eigenvalue weighted by Crippen LogP contribution is -2.53. The van der Waals surface area contributed by atoms with Gasteiger partial charge in [0.05, 0.1) is 13.2 Å². The molecule has 0 aromatic carbocycles. The molecule has 108 valence electrons. The van der Waals surface area contributed by atoms with Gasteiger partial charge in [0.2, 0.25) is 0 Å². The molecule has 1 aliphatic heterocycles. The van der Waals surface area contributed by atoms with Crippen molar-refractivity contribution in [1.29, 1.82) is 0 Å². The third kappa shape index (κ3) is 5.99. The number of aliphatic hydroxyl groups excluding tert-OH is 1. The molecule has 1 fully saturated rings. The first-order valence-corrected chi connectivity index (χ1v) is 6.30. The molecule has 0 amide bonds. The number of likely N-dealkylation sites (N-methyl/N-ethyl adjacent to an activating group) is 1. The number of halogens is 3. The van der Waals surface area contributed by atoms with Crippen molar-refractivity contribution in [2.75, 3.05) is 52.4 Å². The molecule has 1 unspecified atom stereocenters. The number of alkyl halides is 3.